The van der Waals surface area contributed by atoms with E-state index in [0.29, 0.717) is 0 Å². The van der Waals surface area contributed by atoms with Crippen LogP contribution in [0.1, 0.15) is 23.3 Å². The fourth-order valence-corrected chi connectivity index (χ4v) is 2.75. The average molecular weight is 182 g/mol. The largest absolute Gasteiger partial charge is 0.330 e. The first-order valence-electron chi connectivity index (χ1n) is 4.52. The van der Waals surface area contributed by atoms with Crippen LogP contribution >= 0.6 is 11.5 Å². The first-order chi connectivity index (χ1) is 5.90. The summed E-state index contributed by atoms with van der Waals surface area (Å²) in [5, 5.41) is 0. The number of nitrogens with zero attached hydrogens (tertiary/aromatic N) is 1. The van der Waals surface area contributed by atoms with Crippen LogP contribution in [0.5, 0.6) is 0 Å². The third kappa shape index (κ3) is 1.52. The molecule has 0 amide bonds. The predicted molar refractivity (Wildman–Crippen MR) is 51.3 cm³/mol. The van der Waals surface area contributed by atoms with Crippen LogP contribution in [0.15, 0.2) is 6.20 Å². The number of rotatable bonds is 2. The molecule has 12 heavy (non-hydrogen) atoms. The summed E-state index contributed by atoms with van der Waals surface area (Å²) in [6, 6.07) is 0. The van der Waals surface area contributed by atoms with Gasteiger partial charge in [-0.3, -0.25) is 0 Å². The second-order valence-electron chi connectivity index (χ2n) is 3.46. The molecule has 2 rings (SSSR count). The van der Waals surface area contributed by atoms with E-state index in [1.54, 1.807) is 11.5 Å². The molecule has 0 spiro atoms. The van der Waals surface area contributed by atoms with E-state index in [-0.39, 0.29) is 0 Å². The molecule has 0 aromatic carbocycles. The van der Waals surface area contributed by atoms with Gasteiger partial charge in [0.15, 0.2) is 0 Å². The van der Waals surface area contributed by atoms with Gasteiger partial charge in [-0.1, -0.05) is 0 Å². The molecule has 0 aliphatic heterocycles. The van der Waals surface area contributed by atoms with Gasteiger partial charge < -0.3 is 5.73 Å². The summed E-state index contributed by atoms with van der Waals surface area (Å²) in [5.74, 6) is 0.822. The van der Waals surface area contributed by atoms with Crippen LogP contribution in [0.25, 0.3) is 0 Å². The van der Waals surface area contributed by atoms with Crippen molar-refractivity contribution in [2.75, 3.05) is 6.54 Å². The van der Waals surface area contributed by atoms with Crippen LogP contribution in [-0.2, 0) is 12.8 Å². The lowest BCUT2D eigenvalue weighted by atomic mass is 9.87. The first kappa shape index (κ1) is 8.20. The highest BCUT2D eigenvalue weighted by Gasteiger charge is 2.19. The van der Waals surface area contributed by atoms with Crippen molar-refractivity contribution in [1.82, 2.24) is 4.37 Å². The topological polar surface area (TPSA) is 38.9 Å². The fraction of sp³-hybridized carbons (Fsp3) is 0.667. The quantitative estimate of drug-likeness (QED) is 0.754. The van der Waals surface area contributed by atoms with Gasteiger partial charge in [0.25, 0.3) is 0 Å². The third-order valence-corrected chi connectivity index (χ3v) is 3.46. The molecule has 0 radical (unpaired) electrons. The number of aryl methyl sites for hydroxylation is 1. The lowest BCUT2D eigenvalue weighted by Crippen LogP contribution is -2.16. The van der Waals surface area contributed by atoms with Crippen LogP contribution in [0.3, 0.4) is 0 Å². The molecule has 1 aliphatic rings. The maximum absolute atomic E-state index is 5.54. The molecule has 1 atom stereocenters. The van der Waals surface area contributed by atoms with Crippen molar-refractivity contribution in [2.45, 2.75) is 25.7 Å². The average Bonchev–Trinajstić information content (AvgIpc) is 2.51. The van der Waals surface area contributed by atoms with Crippen LogP contribution in [0, 0.1) is 5.92 Å². The maximum Gasteiger partial charge on any atom is 0.0441 e. The maximum atomic E-state index is 5.54. The summed E-state index contributed by atoms with van der Waals surface area (Å²) in [4.78, 5) is 1.50. The summed E-state index contributed by atoms with van der Waals surface area (Å²) >= 11 is 1.66. The van der Waals surface area contributed by atoms with E-state index in [9.17, 15) is 0 Å². The van der Waals surface area contributed by atoms with E-state index in [0.717, 1.165) is 12.5 Å². The molecular weight excluding hydrogens is 168 g/mol. The number of fused-ring (bicyclic) bond motifs is 1. The Bertz CT molecular complexity index is 257. The highest BCUT2D eigenvalue weighted by molar-refractivity contribution is 7.05. The van der Waals surface area contributed by atoms with E-state index >= 15 is 0 Å². The zero-order chi connectivity index (χ0) is 8.39. The minimum absolute atomic E-state index is 0.822. The Labute approximate surface area is 77.0 Å². The Morgan fingerprint density at radius 2 is 2.58 bits per heavy atom. The first-order valence-corrected chi connectivity index (χ1v) is 5.30. The molecule has 1 aliphatic carbocycles. The Kier molecular flexibility index (Phi) is 2.42. The SMILES string of the molecule is NCCC1CCc2cnsc2C1. The molecule has 2 N–H and O–H groups in total. The van der Waals surface area contributed by atoms with Gasteiger partial charge in [-0.15, -0.1) is 0 Å². The number of hydrogen-bond acceptors (Lipinski definition) is 3. The van der Waals surface area contributed by atoms with Crippen LogP contribution in [0.4, 0.5) is 0 Å². The van der Waals surface area contributed by atoms with Gasteiger partial charge in [-0.2, -0.15) is 0 Å². The third-order valence-electron chi connectivity index (χ3n) is 2.60. The fourth-order valence-electron chi connectivity index (χ4n) is 1.86. The molecule has 1 heterocycles. The van der Waals surface area contributed by atoms with Crippen molar-refractivity contribution >= 4 is 11.5 Å². The summed E-state index contributed by atoms with van der Waals surface area (Å²) in [7, 11) is 0. The second-order valence-corrected chi connectivity index (χ2v) is 4.35. The summed E-state index contributed by atoms with van der Waals surface area (Å²) < 4.78 is 4.21. The lowest BCUT2D eigenvalue weighted by Gasteiger charge is -2.20. The molecule has 1 unspecified atom stereocenters. The van der Waals surface area contributed by atoms with E-state index in [1.807, 2.05) is 6.20 Å². The Morgan fingerprint density at radius 3 is 3.42 bits per heavy atom. The van der Waals surface area contributed by atoms with E-state index in [1.165, 1.54) is 36.1 Å². The molecule has 2 nitrogen and oxygen atoms in total. The van der Waals surface area contributed by atoms with Gasteiger partial charge in [0, 0.05) is 11.1 Å². The van der Waals surface area contributed by atoms with E-state index in [4.69, 9.17) is 5.73 Å². The Balaban J connectivity index is 2.05. The van der Waals surface area contributed by atoms with Gasteiger partial charge in [0.1, 0.15) is 0 Å². The smallest absolute Gasteiger partial charge is 0.0441 e. The van der Waals surface area contributed by atoms with Crippen LogP contribution < -0.4 is 5.73 Å². The molecule has 66 valence electrons. The standard InChI is InChI=1S/C9H14N2S/c10-4-3-7-1-2-8-6-11-12-9(8)5-7/h6-7H,1-5,10H2. The Morgan fingerprint density at radius 1 is 1.67 bits per heavy atom. The van der Waals surface area contributed by atoms with Gasteiger partial charge in [0.05, 0.1) is 0 Å². The van der Waals surface area contributed by atoms with Crippen molar-refractivity contribution in [3.05, 3.63) is 16.6 Å². The van der Waals surface area contributed by atoms with Gasteiger partial charge >= 0.3 is 0 Å². The number of nitrogens with two attached hydrogens (primary N) is 1. The predicted octanol–water partition coefficient (Wildman–Crippen LogP) is 1.60. The lowest BCUT2D eigenvalue weighted by molar-refractivity contribution is 0.437. The number of hydrogen-bond donors (Lipinski definition) is 1. The molecule has 3 heteroatoms. The van der Waals surface area contributed by atoms with Crippen molar-refractivity contribution in [3.63, 3.8) is 0 Å². The zero-order valence-corrected chi connectivity index (χ0v) is 7.94. The van der Waals surface area contributed by atoms with E-state index < -0.39 is 0 Å². The van der Waals surface area contributed by atoms with Crippen molar-refractivity contribution in [1.29, 1.82) is 0 Å². The molecule has 1 aromatic rings. The molecule has 1 aromatic heterocycles. The molecule has 0 saturated carbocycles. The number of aromatic nitrogens is 1. The molecule has 0 bridgehead atoms. The normalized spacial score (nSPS) is 22.2. The van der Waals surface area contributed by atoms with Crippen molar-refractivity contribution < 1.29 is 0 Å². The monoisotopic (exact) mass is 182 g/mol. The summed E-state index contributed by atoms with van der Waals surface area (Å²) in [5.41, 5.74) is 7.02. The highest BCUT2D eigenvalue weighted by Crippen LogP contribution is 2.29. The molecular formula is C9H14N2S. The van der Waals surface area contributed by atoms with Crippen molar-refractivity contribution in [2.24, 2.45) is 11.7 Å². The molecule has 0 saturated heterocycles. The Hall–Kier alpha value is -0.410. The summed E-state index contributed by atoms with van der Waals surface area (Å²) in [6.45, 7) is 0.832. The minimum Gasteiger partial charge on any atom is -0.330 e. The van der Waals surface area contributed by atoms with Gasteiger partial charge in [-0.25, -0.2) is 4.37 Å². The minimum atomic E-state index is 0.822. The van der Waals surface area contributed by atoms with Gasteiger partial charge in [-0.05, 0) is 55.2 Å². The second kappa shape index (κ2) is 3.54. The van der Waals surface area contributed by atoms with Crippen LogP contribution in [0.2, 0.25) is 0 Å². The van der Waals surface area contributed by atoms with Crippen molar-refractivity contribution in [3.8, 4) is 0 Å². The van der Waals surface area contributed by atoms with Crippen LogP contribution in [-0.4, -0.2) is 10.9 Å². The van der Waals surface area contributed by atoms with Gasteiger partial charge in [0.2, 0.25) is 0 Å². The molecule has 0 fully saturated rings. The van der Waals surface area contributed by atoms with E-state index in [2.05, 4.69) is 4.37 Å². The summed E-state index contributed by atoms with van der Waals surface area (Å²) in [6.07, 6.45) is 6.95. The highest BCUT2D eigenvalue weighted by atomic mass is 32.1. The zero-order valence-electron chi connectivity index (χ0n) is 7.12.